The van der Waals surface area contributed by atoms with Crippen LogP contribution in [-0.4, -0.2) is 276 Å². The van der Waals surface area contributed by atoms with Crippen molar-refractivity contribution in [2.45, 2.75) is 235 Å². The van der Waals surface area contributed by atoms with Crippen LogP contribution in [-0.2, 0) is 67.3 Å². The lowest BCUT2D eigenvalue weighted by atomic mass is 9.91. The number of amides is 12. The Morgan fingerprint density at radius 3 is 1.47 bits per heavy atom. The third kappa shape index (κ3) is 22.0. The molecule has 0 aromatic heterocycles. The zero-order valence-corrected chi connectivity index (χ0v) is 62.9. The van der Waals surface area contributed by atoms with Gasteiger partial charge >= 0.3 is 6.09 Å². The summed E-state index contributed by atoms with van der Waals surface area (Å²) < 4.78 is 30.6. The molecule has 29 heteroatoms. The van der Waals surface area contributed by atoms with Gasteiger partial charge in [0.05, 0.1) is 24.2 Å². The number of carbonyl (C=O) groups is 12. The number of aliphatic hydroxyl groups is 1. The molecular weight excluding hydrogens is 1270 g/mol. The minimum absolute atomic E-state index is 0.0996. The Hall–Kier alpha value is -6.91. The van der Waals surface area contributed by atoms with E-state index >= 15 is 28.8 Å². The van der Waals surface area contributed by atoms with Gasteiger partial charge in [-0.15, -0.1) is 0 Å². The van der Waals surface area contributed by atoms with E-state index < -0.39 is 190 Å². The summed E-state index contributed by atoms with van der Waals surface area (Å²) in [5.74, 6) is -12.1. The summed E-state index contributed by atoms with van der Waals surface area (Å²) >= 11 is 0. The molecule has 552 valence electrons. The Morgan fingerprint density at radius 2 is 0.990 bits per heavy atom. The van der Waals surface area contributed by atoms with Gasteiger partial charge in [0.2, 0.25) is 65.0 Å². The summed E-state index contributed by atoms with van der Waals surface area (Å²) in [6.07, 6.45) is -0.0422. The third-order valence-electron chi connectivity index (χ3n) is 18.8. The van der Waals surface area contributed by atoms with Crippen LogP contribution >= 0.6 is 0 Å². The zero-order valence-electron chi connectivity index (χ0n) is 62.0. The Balaban J connectivity index is 2.40. The van der Waals surface area contributed by atoms with Crippen molar-refractivity contribution in [3.05, 3.63) is 12.2 Å². The predicted octanol–water partition coefficient (Wildman–Crippen LogP) is 2.26. The lowest BCUT2D eigenvalue weighted by Crippen LogP contribution is -2.64. The van der Waals surface area contributed by atoms with Gasteiger partial charge in [-0.2, -0.15) is 0 Å². The van der Waals surface area contributed by atoms with Crippen LogP contribution in [0.2, 0.25) is 0 Å². The number of hydrogen-bond donors (Lipinski definition) is 5. The van der Waals surface area contributed by atoms with Crippen LogP contribution in [0.3, 0.4) is 0 Å². The van der Waals surface area contributed by atoms with Crippen molar-refractivity contribution in [3.8, 4) is 0 Å². The molecule has 0 bridgehead atoms. The van der Waals surface area contributed by atoms with Gasteiger partial charge in [0.25, 0.3) is 0 Å². The molecule has 0 saturated carbocycles. The standard InChI is InChI=1S/C68H118N12O16S/c1-24-26-27-43(15)56(81)55-60(85)71-47(25-2)62(87)80-36-46(96-68(93)79-28-30-97(94,95)31-29-79)35-51(80)65(90)76(21)53(41(11)12)59(84)72-52(40(9)10)66(91)73(18)48(32-37(3)4)58(83)69-44(16)57(82)70-45(17)61(86)74(19)49(33-38(5)6)63(88)75(20)50(34-39(7)8)64(89)77(22)54(42(13)14)67(92)78(55)23/h24,26,37-56,81H,25,27-36H2,1-23H3,(H,69,83)(H,70,82)(H,71,85)(H,72,84)/b26-24+/t43-,44+,45-,46?,47+,48+,49+,50+,51-,52+,53+,54+,55+,56-/m1/s1. The highest BCUT2D eigenvalue weighted by Crippen LogP contribution is 2.29. The SMILES string of the molecule is C/C=C/C[C@@H](C)[C@@H](O)[C@H]1C(=O)N[C@@H](CC)C(=O)N2CC(OC(=O)N3CCS(=O)(=O)CC3)C[C@@H]2C(=O)N(C)[C@@H](C(C)C)C(=O)N[C@@H](C(C)C)C(=O)N(C)[C@@H](CC(C)C)C(=O)N[C@@H](C)C(=O)N[C@H](C)C(=O)N(C)[C@@H](CC(C)C)C(=O)N(C)[C@@H](CC(C)C)C(=O)N(C)[C@@H](C(C)C)C(=O)N1C. The Labute approximate surface area is 576 Å². The maximum Gasteiger partial charge on any atom is 0.410 e. The monoisotopic (exact) mass is 1390 g/mol. The average molecular weight is 1390 g/mol. The second-order valence-electron chi connectivity index (χ2n) is 29.3. The summed E-state index contributed by atoms with van der Waals surface area (Å²) in [6.45, 7) is 28.3. The van der Waals surface area contributed by atoms with Gasteiger partial charge in [-0.25, -0.2) is 13.2 Å². The Bertz CT molecular complexity index is 2930. The van der Waals surface area contributed by atoms with Crippen molar-refractivity contribution >= 4 is 80.9 Å². The predicted molar refractivity (Wildman–Crippen MR) is 367 cm³/mol. The Kier molecular flexibility index (Phi) is 32.0. The lowest BCUT2D eigenvalue weighted by Gasteiger charge is -2.41. The van der Waals surface area contributed by atoms with Gasteiger partial charge in [0.1, 0.15) is 72.6 Å². The average Bonchev–Trinajstić information content (AvgIpc) is 1.78. The molecule has 0 aromatic carbocycles. The molecule has 3 fully saturated rings. The second kappa shape index (κ2) is 36.8. The molecule has 12 amide bonds. The first-order chi connectivity index (χ1) is 44.9. The maximum atomic E-state index is 15.4. The molecule has 3 aliphatic heterocycles. The van der Waals surface area contributed by atoms with Crippen molar-refractivity contribution < 1.29 is 75.8 Å². The summed E-state index contributed by atoms with van der Waals surface area (Å²) in [5, 5.41) is 23.3. The molecule has 0 radical (unpaired) electrons. The fourth-order valence-electron chi connectivity index (χ4n) is 12.9. The van der Waals surface area contributed by atoms with Crippen LogP contribution < -0.4 is 21.3 Å². The summed E-state index contributed by atoms with van der Waals surface area (Å²) in [7, 11) is 4.89. The molecule has 3 aliphatic rings. The van der Waals surface area contributed by atoms with E-state index in [1.807, 2.05) is 41.5 Å². The molecule has 0 aromatic rings. The van der Waals surface area contributed by atoms with Crippen LogP contribution in [0.1, 0.15) is 156 Å². The first-order valence-electron chi connectivity index (χ1n) is 34.5. The van der Waals surface area contributed by atoms with Crippen molar-refractivity contribution in [1.29, 1.82) is 0 Å². The number of nitrogens with one attached hydrogen (secondary N) is 4. The van der Waals surface area contributed by atoms with E-state index in [0.717, 1.165) is 14.7 Å². The van der Waals surface area contributed by atoms with E-state index in [2.05, 4.69) is 21.3 Å². The number of fused-ring (bicyclic) bond motifs is 1. The van der Waals surface area contributed by atoms with Gasteiger partial charge < -0.3 is 70.3 Å². The second-order valence-corrected chi connectivity index (χ2v) is 31.6. The van der Waals surface area contributed by atoms with E-state index in [0.29, 0.717) is 0 Å². The molecule has 3 rings (SSSR count). The molecule has 0 spiro atoms. The minimum Gasteiger partial charge on any atom is -0.444 e. The highest BCUT2D eigenvalue weighted by Gasteiger charge is 2.50. The number of ether oxygens (including phenoxy) is 1. The number of allylic oxidation sites excluding steroid dienone is 2. The number of sulfone groups is 1. The van der Waals surface area contributed by atoms with E-state index in [-0.39, 0.29) is 80.9 Å². The molecule has 3 saturated heterocycles. The summed E-state index contributed by atoms with van der Waals surface area (Å²) in [6, 6.07) is -14.8. The lowest BCUT2D eigenvalue weighted by molar-refractivity contribution is -0.157. The van der Waals surface area contributed by atoms with Crippen LogP contribution in [0.5, 0.6) is 0 Å². The first kappa shape index (κ1) is 84.3. The highest BCUT2D eigenvalue weighted by molar-refractivity contribution is 7.91. The molecule has 3 heterocycles. The fraction of sp³-hybridized carbons (Fsp3) is 0.794. The fourth-order valence-corrected chi connectivity index (χ4v) is 14.1. The largest absolute Gasteiger partial charge is 0.444 e. The normalized spacial score (nSPS) is 28.6. The molecule has 97 heavy (non-hydrogen) atoms. The van der Waals surface area contributed by atoms with E-state index in [1.165, 1.54) is 80.6 Å². The number of rotatable bonds is 15. The minimum atomic E-state index is -3.43. The van der Waals surface area contributed by atoms with E-state index in [9.17, 15) is 42.3 Å². The quantitative estimate of drug-likeness (QED) is 0.147. The number of nitrogens with zero attached hydrogens (tertiary/aromatic N) is 8. The van der Waals surface area contributed by atoms with Crippen molar-refractivity contribution in [2.75, 3.05) is 73.4 Å². The van der Waals surface area contributed by atoms with E-state index in [4.69, 9.17) is 4.74 Å². The first-order valence-corrected chi connectivity index (χ1v) is 36.3. The molecule has 0 aliphatic carbocycles. The van der Waals surface area contributed by atoms with Crippen molar-refractivity contribution in [2.24, 2.45) is 41.4 Å². The number of aliphatic hydroxyl groups excluding tert-OH is 1. The molecule has 28 nitrogen and oxygen atoms in total. The molecule has 5 N–H and O–H groups in total. The zero-order chi connectivity index (χ0) is 74.3. The van der Waals surface area contributed by atoms with Crippen LogP contribution in [0.4, 0.5) is 4.79 Å². The smallest absolute Gasteiger partial charge is 0.410 e. The van der Waals surface area contributed by atoms with Crippen LogP contribution in [0.25, 0.3) is 0 Å². The van der Waals surface area contributed by atoms with Crippen molar-refractivity contribution in [1.82, 2.24) is 60.5 Å². The number of carbonyl (C=O) groups excluding carboxylic acids is 12. The molecular formula is C68H118N12O16S. The summed E-state index contributed by atoms with van der Waals surface area (Å²) in [5.41, 5.74) is 0. The maximum absolute atomic E-state index is 15.4. The molecule has 14 atom stereocenters. The molecule has 1 unspecified atom stereocenters. The number of likely N-dealkylation sites (N-methyl/N-ethyl adjacent to an activating group) is 6. The number of hydrogen-bond acceptors (Lipinski definition) is 16. The van der Waals surface area contributed by atoms with Gasteiger partial charge in [-0.05, 0) is 94.3 Å². The van der Waals surface area contributed by atoms with Gasteiger partial charge in [-0.1, -0.05) is 109 Å². The van der Waals surface area contributed by atoms with Gasteiger partial charge in [0, 0.05) is 61.8 Å². The Morgan fingerprint density at radius 1 is 0.536 bits per heavy atom. The van der Waals surface area contributed by atoms with Gasteiger partial charge in [0.15, 0.2) is 9.84 Å². The van der Waals surface area contributed by atoms with Crippen LogP contribution in [0.15, 0.2) is 12.2 Å². The van der Waals surface area contributed by atoms with E-state index in [1.54, 1.807) is 74.5 Å². The third-order valence-corrected chi connectivity index (χ3v) is 20.4. The topological polar surface area (TPSA) is 342 Å². The summed E-state index contributed by atoms with van der Waals surface area (Å²) in [4.78, 5) is 187. The highest BCUT2D eigenvalue weighted by atomic mass is 32.2. The van der Waals surface area contributed by atoms with Gasteiger partial charge in [-0.3, -0.25) is 52.7 Å². The van der Waals surface area contributed by atoms with Crippen LogP contribution in [0, 0.1) is 41.4 Å². The van der Waals surface area contributed by atoms with Crippen molar-refractivity contribution in [3.63, 3.8) is 0 Å².